The lowest BCUT2D eigenvalue weighted by atomic mass is 9.96. The fourth-order valence-electron chi connectivity index (χ4n) is 2.40. The van der Waals surface area contributed by atoms with Gasteiger partial charge in [0, 0.05) is 30.5 Å². The summed E-state index contributed by atoms with van der Waals surface area (Å²) < 4.78 is 1.84. The molecule has 17 heavy (non-hydrogen) atoms. The standard InChI is InChI=1S/C14H17N3/c1-10-3-4-12-7-11(5-6-14(12)16-10)13-8-15-17(2)9-13/h5-10,16H,3-4H2,1-2H3. The van der Waals surface area contributed by atoms with Crippen molar-refractivity contribution in [2.75, 3.05) is 5.32 Å². The Hall–Kier alpha value is -1.77. The molecule has 0 spiro atoms. The van der Waals surface area contributed by atoms with Crippen LogP contribution in [0.25, 0.3) is 11.1 Å². The number of aryl methyl sites for hydroxylation is 2. The Morgan fingerprint density at radius 2 is 2.24 bits per heavy atom. The van der Waals surface area contributed by atoms with Crippen molar-refractivity contribution in [2.24, 2.45) is 7.05 Å². The van der Waals surface area contributed by atoms with Gasteiger partial charge >= 0.3 is 0 Å². The summed E-state index contributed by atoms with van der Waals surface area (Å²) in [5.74, 6) is 0. The van der Waals surface area contributed by atoms with Crippen LogP contribution in [0.1, 0.15) is 18.9 Å². The van der Waals surface area contributed by atoms with Crippen molar-refractivity contribution in [3.63, 3.8) is 0 Å². The summed E-state index contributed by atoms with van der Waals surface area (Å²) in [5, 5.41) is 7.74. The van der Waals surface area contributed by atoms with Crippen LogP contribution in [0.5, 0.6) is 0 Å². The van der Waals surface area contributed by atoms with Gasteiger partial charge in [-0.3, -0.25) is 4.68 Å². The third-order valence-corrected chi connectivity index (χ3v) is 3.39. The molecule has 1 aromatic heterocycles. The molecule has 3 rings (SSSR count). The number of nitrogens with one attached hydrogen (secondary N) is 1. The Balaban J connectivity index is 1.98. The van der Waals surface area contributed by atoms with Gasteiger partial charge in [0.05, 0.1) is 6.20 Å². The lowest BCUT2D eigenvalue weighted by molar-refractivity contribution is 0.681. The van der Waals surface area contributed by atoms with E-state index >= 15 is 0 Å². The maximum absolute atomic E-state index is 4.22. The number of rotatable bonds is 1. The molecule has 88 valence electrons. The van der Waals surface area contributed by atoms with Crippen molar-refractivity contribution in [1.29, 1.82) is 0 Å². The van der Waals surface area contributed by atoms with Gasteiger partial charge in [-0.15, -0.1) is 0 Å². The Labute approximate surface area is 101 Å². The van der Waals surface area contributed by atoms with Crippen molar-refractivity contribution in [3.05, 3.63) is 36.2 Å². The quantitative estimate of drug-likeness (QED) is 0.812. The van der Waals surface area contributed by atoms with E-state index < -0.39 is 0 Å². The summed E-state index contributed by atoms with van der Waals surface area (Å²) in [6, 6.07) is 7.23. The summed E-state index contributed by atoms with van der Waals surface area (Å²) in [6.07, 6.45) is 6.35. The first-order valence-electron chi connectivity index (χ1n) is 6.11. The highest BCUT2D eigenvalue weighted by molar-refractivity contribution is 5.68. The molecular weight excluding hydrogens is 210 g/mol. The van der Waals surface area contributed by atoms with E-state index in [1.807, 2.05) is 17.9 Å². The molecule has 0 saturated heterocycles. The first-order valence-corrected chi connectivity index (χ1v) is 6.11. The third kappa shape index (κ3) is 1.93. The third-order valence-electron chi connectivity index (χ3n) is 3.39. The van der Waals surface area contributed by atoms with E-state index in [-0.39, 0.29) is 0 Å². The number of benzene rings is 1. The molecule has 1 aromatic carbocycles. The average Bonchev–Trinajstić information content (AvgIpc) is 2.75. The lowest BCUT2D eigenvalue weighted by Crippen LogP contribution is -2.21. The maximum Gasteiger partial charge on any atom is 0.0568 e. The van der Waals surface area contributed by atoms with Crippen molar-refractivity contribution in [3.8, 4) is 11.1 Å². The van der Waals surface area contributed by atoms with Crippen LogP contribution in [0, 0.1) is 0 Å². The molecule has 0 aliphatic carbocycles. The predicted octanol–water partition coefficient (Wildman–Crippen LogP) is 2.83. The first-order chi connectivity index (χ1) is 8.22. The molecule has 3 nitrogen and oxygen atoms in total. The van der Waals surface area contributed by atoms with Gasteiger partial charge < -0.3 is 5.32 Å². The highest BCUT2D eigenvalue weighted by atomic mass is 15.2. The molecule has 0 amide bonds. The number of anilines is 1. The van der Waals surface area contributed by atoms with Crippen LogP contribution in [0.3, 0.4) is 0 Å². The fraction of sp³-hybridized carbons (Fsp3) is 0.357. The molecule has 1 aliphatic heterocycles. The van der Waals surface area contributed by atoms with Gasteiger partial charge in [-0.1, -0.05) is 6.07 Å². The number of aromatic nitrogens is 2. The largest absolute Gasteiger partial charge is 0.382 e. The van der Waals surface area contributed by atoms with Gasteiger partial charge in [0.15, 0.2) is 0 Å². The average molecular weight is 227 g/mol. The number of hydrogen-bond acceptors (Lipinski definition) is 2. The van der Waals surface area contributed by atoms with Crippen LogP contribution in [0.4, 0.5) is 5.69 Å². The second-order valence-corrected chi connectivity index (χ2v) is 4.86. The zero-order valence-electron chi connectivity index (χ0n) is 10.3. The Morgan fingerprint density at radius 1 is 1.35 bits per heavy atom. The van der Waals surface area contributed by atoms with E-state index in [1.165, 1.54) is 28.8 Å². The van der Waals surface area contributed by atoms with E-state index in [9.17, 15) is 0 Å². The van der Waals surface area contributed by atoms with Gasteiger partial charge in [0.2, 0.25) is 0 Å². The second-order valence-electron chi connectivity index (χ2n) is 4.86. The molecule has 1 N–H and O–H groups in total. The molecule has 1 atom stereocenters. The van der Waals surface area contributed by atoms with E-state index in [2.05, 4.69) is 41.7 Å². The molecule has 0 fully saturated rings. The minimum absolute atomic E-state index is 0.590. The van der Waals surface area contributed by atoms with Crippen molar-refractivity contribution >= 4 is 5.69 Å². The summed E-state index contributed by atoms with van der Waals surface area (Å²) in [5.41, 5.74) is 5.16. The van der Waals surface area contributed by atoms with Crippen LogP contribution in [-0.4, -0.2) is 15.8 Å². The van der Waals surface area contributed by atoms with Gasteiger partial charge in [-0.25, -0.2) is 0 Å². The van der Waals surface area contributed by atoms with Crippen molar-refractivity contribution < 1.29 is 0 Å². The zero-order chi connectivity index (χ0) is 11.8. The molecular formula is C14H17N3. The van der Waals surface area contributed by atoms with Gasteiger partial charge in [0.1, 0.15) is 0 Å². The van der Waals surface area contributed by atoms with Crippen LogP contribution in [0.15, 0.2) is 30.6 Å². The minimum atomic E-state index is 0.590. The maximum atomic E-state index is 4.22. The molecule has 0 bridgehead atoms. The number of hydrogen-bond donors (Lipinski definition) is 1. The first kappa shape index (κ1) is 10.4. The monoisotopic (exact) mass is 227 g/mol. The van der Waals surface area contributed by atoms with E-state index in [0.29, 0.717) is 6.04 Å². The molecule has 2 aromatic rings. The zero-order valence-corrected chi connectivity index (χ0v) is 10.3. The number of fused-ring (bicyclic) bond motifs is 1. The number of nitrogens with zero attached hydrogens (tertiary/aromatic N) is 2. The molecule has 1 unspecified atom stereocenters. The molecule has 2 heterocycles. The minimum Gasteiger partial charge on any atom is -0.382 e. The van der Waals surface area contributed by atoms with E-state index in [0.717, 1.165) is 6.42 Å². The molecule has 0 radical (unpaired) electrons. The predicted molar refractivity (Wildman–Crippen MR) is 70.0 cm³/mol. The highest BCUT2D eigenvalue weighted by Gasteiger charge is 2.14. The molecule has 3 heteroatoms. The SMILES string of the molecule is CC1CCc2cc(-c3cnn(C)c3)ccc2N1. The van der Waals surface area contributed by atoms with Gasteiger partial charge in [0.25, 0.3) is 0 Å². The van der Waals surface area contributed by atoms with Gasteiger partial charge in [-0.2, -0.15) is 5.10 Å². The lowest BCUT2D eigenvalue weighted by Gasteiger charge is -2.24. The Kier molecular flexibility index (Phi) is 2.39. The van der Waals surface area contributed by atoms with Crippen LogP contribution in [-0.2, 0) is 13.5 Å². The van der Waals surface area contributed by atoms with E-state index in [1.54, 1.807) is 0 Å². The van der Waals surface area contributed by atoms with Crippen LogP contribution < -0.4 is 5.32 Å². The summed E-state index contributed by atoms with van der Waals surface area (Å²) >= 11 is 0. The highest BCUT2D eigenvalue weighted by Crippen LogP contribution is 2.29. The van der Waals surface area contributed by atoms with Gasteiger partial charge in [-0.05, 0) is 43.0 Å². The normalized spacial score (nSPS) is 18.6. The smallest absolute Gasteiger partial charge is 0.0568 e. The topological polar surface area (TPSA) is 29.9 Å². The Bertz CT molecular complexity index is 542. The van der Waals surface area contributed by atoms with Crippen molar-refractivity contribution in [2.45, 2.75) is 25.8 Å². The molecule has 0 saturated carbocycles. The van der Waals surface area contributed by atoms with Crippen LogP contribution in [0.2, 0.25) is 0 Å². The summed E-state index contributed by atoms with van der Waals surface area (Å²) in [7, 11) is 1.95. The summed E-state index contributed by atoms with van der Waals surface area (Å²) in [6.45, 7) is 2.23. The second kappa shape index (κ2) is 3.91. The van der Waals surface area contributed by atoms with Crippen molar-refractivity contribution in [1.82, 2.24) is 9.78 Å². The van der Waals surface area contributed by atoms with E-state index in [4.69, 9.17) is 0 Å². The van der Waals surface area contributed by atoms with Crippen LogP contribution >= 0.6 is 0 Å². The molecule has 1 aliphatic rings. The Morgan fingerprint density at radius 3 is 3.00 bits per heavy atom. The summed E-state index contributed by atoms with van der Waals surface area (Å²) in [4.78, 5) is 0. The fourth-order valence-corrected chi connectivity index (χ4v) is 2.40.